The van der Waals surface area contributed by atoms with Gasteiger partial charge in [-0.2, -0.15) is 5.10 Å². The molecular formula is C28H35F2N3O5S. The van der Waals surface area contributed by atoms with Gasteiger partial charge in [-0.1, -0.05) is 34.6 Å². The standard InChI is InChI=1S/C28H35F2N3O5S/c1-16(2)19-12-18(29)13-20(21(19)14-27(3,4)5)17-9-10-31-22(11-17)38-15-28(6,7)33-24(26(34)35)23(30)25(32-33)39(8,36)37/h9-13,16H,14-15H2,1-8H3,(H,34,35). The Morgan fingerprint density at radius 2 is 1.77 bits per heavy atom. The molecule has 0 amide bonds. The fraction of sp³-hybridized carbons (Fsp3) is 0.464. The second kappa shape index (κ2) is 10.7. The van der Waals surface area contributed by atoms with Crippen LogP contribution in [-0.2, 0) is 21.8 Å². The van der Waals surface area contributed by atoms with Crippen molar-refractivity contribution in [3.8, 4) is 17.0 Å². The molecule has 0 radical (unpaired) electrons. The fourth-order valence-electron chi connectivity index (χ4n) is 4.36. The second-order valence-electron chi connectivity index (χ2n) is 11.9. The Morgan fingerprint density at radius 3 is 2.31 bits per heavy atom. The van der Waals surface area contributed by atoms with Gasteiger partial charge in [-0.05, 0) is 72.1 Å². The molecule has 8 nitrogen and oxygen atoms in total. The molecule has 0 atom stereocenters. The summed E-state index contributed by atoms with van der Waals surface area (Å²) in [5, 5.41) is 12.4. The van der Waals surface area contributed by atoms with Crippen molar-refractivity contribution in [3.05, 3.63) is 58.9 Å². The van der Waals surface area contributed by atoms with E-state index in [4.69, 9.17) is 4.74 Å². The third kappa shape index (κ3) is 6.81. The molecule has 0 saturated carbocycles. The molecule has 0 aliphatic heterocycles. The van der Waals surface area contributed by atoms with Gasteiger partial charge in [-0.25, -0.2) is 31.7 Å². The molecule has 11 heteroatoms. The molecule has 2 heterocycles. The van der Waals surface area contributed by atoms with Crippen LogP contribution in [0.25, 0.3) is 11.1 Å². The Hall–Kier alpha value is -3.34. The number of rotatable bonds is 9. The Labute approximate surface area is 228 Å². The maximum absolute atomic E-state index is 14.7. The van der Waals surface area contributed by atoms with Gasteiger partial charge >= 0.3 is 5.97 Å². The Kier molecular flexibility index (Phi) is 8.27. The van der Waals surface area contributed by atoms with Gasteiger partial charge in [0, 0.05) is 18.5 Å². The summed E-state index contributed by atoms with van der Waals surface area (Å²) in [4.78, 5) is 16.0. The molecule has 0 fully saturated rings. The van der Waals surface area contributed by atoms with Crippen molar-refractivity contribution >= 4 is 15.8 Å². The van der Waals surface area contributed by atoms with Crippen LogP contribution in [0.1, 0.15) is 76.0 Å². The van der Waals surface area contributed by atoms with Gasteiger partial charge in [-0.3, -0.25) is 0 Å². The third-order valence-electron chi connectivity index (χ3n) is 6.12. The zero-order chi connectivity index (χ0) is 29.5. The maximum Gasteiger partial charge on any atom is 0.357 e. The summed E-state index contributed by atoms with van der Waals surface area (Å²) in [5.41, 5.74) is 1.13. The Balaban J connectivity index is 2.01. The highest BCUT2D eigenvalue weighted by Gasteiger charge is 2.36. The van der Waals surface area contributed by atoms with E-state index in [1.165, 1.54) is 26.1 Å². The van der Waals surface area contributed by atoms with Crippen molar-refractivity contribution < 1.29 is 31.8 Å². The molecule has 0 bridgehead atoms. The van der Waals surface area contributed by atoms with Crippen LogP contribution in [0.15, 0.2) is 35.5 Å². The average molecular weight is 564 g/mol. The number of ether oxygens (including phenoxy) is 1. The highest BCUT2D eigenvalue weighted by atomic mass is 32.2. The summed E-state index contributed by atoms with van der Waals surface area (Å²) >= 11 is 0. The van der Waals surface area contributed by atoms with E-state index in [9.17, 15) is 27.1 Å². The van der Waals surface area contributed by atoms with Gasteiger partial charge in [0.05, 0.1) is 5.54 Å². The van der Waals surface area contributed by atoms with Gasteiger partial charge in [0.15, 0.2) is 21.3 Å². The molecule has 0 spiro atoms. The molecule has 39 heavy (non-hydrogen) atoms. The van der Waals surface area contributed by atoms with Crippen LogP contribution in [0.2, 0.25) is 0 Å². The van der Waals surface area contributed by atoms with E-state index in [0.717, 1.165) is 27.6 Å². The Bertz CT molecular complexity index is 1510. The zero-order valence-corrected chi connectivity index (χ0v) is 24.3. The number of carbonyl (C=O) groups is 1. The topological polar surface area (TPSA) is 111 Å². The number of hydrogen-bond donors (Lipinski definition) is 1. The van der Waals surface area contributed by atoms with Gasteiger partial charge < -0.3 is 9.84 Å². The monoisotopic (exact) mass is 563 g/mol. The van der Waals surface area contributed by atoms with Crippen LogP contribution in [0.3, 0.4) is 0 Å². The lowest BCUT2D eigenvalue weighted by Crippen LogP contribution is -2.37. The number of carboxylic acid groups (broad SMARTS) is 1. The lowest BCUT2D eigenvalue weighted by Gasteiger charge is -2.26. The number of sulfone groups is 1. The van der Waals surface area contributed by atoms with E-state index in [1.807, 2.05) is 13.8 Å². The number of halogens is 2. The van der Waals surface area contributed by atoms with Crippen molar-refractivity contribution in [1.82, 2.24) is 14.8 Å². The van der Waals surface area contributed by atoms with Gasteiger partial charge in [-0.15, -0.1) is 0 Å². The van der Waals surface area contributed by atoms with Crippen LogP contribution < -0.4 is 4.74 Å². The highest BCUT2D eigenvalue weighted by Crippen LogP contribution is 2.37. The lowest BCUT2D eigenvalue weighted by atomic mass is 9.80. The first-order chi connectivity index (χ1) is 17.8. The van der Waals surface area contributed by atoms with Gasteiger partial charge in [0.1, 0.15) is 12.4 Å². The van der Waals surface area contributed by atoms with E-state index < -0.39 is 37.9 Å². The normalized spacial score (nSPS) is 12.7. The molecule has 0 saturated heterocycles. The van der Waals surface area contributed by atoms with Crippen LogP contribution >= 0.6 is 0 Å². The largest absolute Gasteiger partial charge is 0.476 e. The minimum Gasteiger partial charge on any atom is -0.476 e. The van der Waals surface area contributed by atoms with Crippen LogP contribution in [0.4, 0.5) is 8.78 Å². The minimum absolute atomic E-state index is 0.0572. The molecule has 1 aromatic carbocycles. The SMILES string of the molecule is CC(C)c1cc(F)cc(-c2ccnc(OCC(C)(C)n3nc(S(C)(=O)=O)c(F)c3C(=O)O)c2)c1CC(C)(C)C. The number of pyridine rings is 1. The molecular weight excluding hydrogens is 528 g/mol. The number of carboxylic acids is 1. The van der Waals surface area contributed by atoms with E-state index in [2.05, 4.69) is 30.9 Å². The molecule has 3 rings (SSSR count). The van der Waals surface area contributed by atoms with Crippen molar-refractivity contribution in [2.75, 3.05) is 12.9 Å². The van der Waals surface area contributed by atoms with Crippen molar-refractivity contribution in [2.24, 2.45) is 5.41 Å². The molecule has 0 unspecified atom stereocenters. The predicted molar refractivity (Wildman–Crippen MR) is 144 cm³/mol. The lowest BCUT2D eigenvalue weighted by molar-refractivity contribution is 0.0657. The van der Waals surface area contributed by atoms with E-state index in [0.29, 0.717) is 12.0 Å². The van der Waals surface area contributed by atoms with Crippen LogP contribution in [0, 0.1) is 17.0 Å². The number of aromatic nitrogens is 3. The molecule has 212 valence electrons. The molecule has 3 aromatic rings. The Morgan fingerprint density at radius 1 is 1.13 bits per heavy atom. The van der Waals surface area contributed by atoms with Crippen LogP contribution in [-0.4, -0.2) is 47.1 Å². The second-order valence-corrected chi connectivity index (χ2v) is 13.8. The first-order valence-electron chi connectivity index (χ1n) is 12.5. The van der Waals surface area contributed by atoms with E-state index in [-0.39, 0.29) is 29.6 Å². The van der Waals surface area contributed by atoms with E-state index in [1.54, 1.807) is 18.2 Å². The third-order valence-corrected chi connectivity index (χ3v) is 7.09. The number of aromatic carboxylic acids is 1. The molecule has 0 aliphatic rings. The fourth-order valence-corrected chi connectivity index (χ4v) is 5.02. The number of nitrogens with zero attached hydrogens (tertiary/aromatic N) is 3. The first-order valence-corrected chi connectivity index (χ1v) is 14.3. The number of benzene rings is 1. The quantitative estimate of drug-likeness (QED) is 0.348. The summed E-state index contributed by atoms with van der Waals surface area (Å²) in [6.45, 7) is 13.2. The summed E-state index contributed by atoms with van der Waals surface area (Å²) in [5.74, 6) is -3.18. The van der Waals surface area contributed by atoms with Gasteiger partial charge in [0.25, 0.3) is 0 Å². The zero-order valence-electron chi connectivity index (χ0n) is 23.5. The molecule has 1 N–H and O–H groups in total. The van der Waals surface area contributed by atoms with Gasteiger partial charge in [0.2, 0.25) is 10.9 Å². The summed E-state index contributed by atoms with van der Waals surface area (Å²) < 4.78 is 60.0. The van der Waals surface area contributed by atoms with Crippen LogP contribution in [0.5, 0.6) is 5.88 Å². The van der Waals surface area contributed by atoms with Crippen molar-refractivity contribution in [1.29, 1.82) is 0 Å². The van der Waals surface area contributed by atoms with Crippen molar-refractivity contribution in [2.45, 2.75) is 71.4 Å². The maximum atomic E-state index is 14.7. The summed E-state index contributed by atoms with van der Waals surface area (Å²) in [6, 6.07) is 6.48. The van der Waals surface area contributed by atoms with Crippen molar-refractivity contribution in [3.63, 3.8) is 0 Å². The summed E-state index contributed by atoms with van der Waals surface area (Å²) in [7, 11) is -4.12. The van der Waals surface area contributed by atoms with E-state index >= 15 is 0 Å². The molecule has 2 aromatic heterocycles. The first kappa shape index (κ1) is 30.2. The highest BCUT2D eigenvalue weighted by molar-refractivity contribution is 7.90. The predicted octanol–water partition coefficient (Wildman–Crippen LogP) is 5.85. The number of hydrogen-bond acceptors (Lipinski definition) is 6. The minimum atomic E-state index is -4.12. The summed E-state index contributed by atoms with van der Waals surface area (Å²) in [6.07, 6.45) is 2.99. The molecule has 0 aliphatic carbocycles. The smallest absolute Gasteiger partial charge is 0.357 e. The average Bonchev–Trinajstić information content (AvgIpc) is 3.16.